The zero-order valence-corrected chi connectivity index (χ0v) is 10.9. The number of hydrogen-bond donors (Lipinski definition) is 1. The first-order valence-electron chi connectivity index (χ1n) is 5.39. The van der Waals surface area contributed by atoms with Crippen LogP contribution < -0.4 is 0 Å². The number of aryl methyl sites for hydroxylation is 1. The summed E-state index contributed by atoms with van der Waals surface area (Å²) in [7, 11) is 0. The fourth-order valence-electron chi connectivity index (χ4n) is 1.46. The molecule has 0 atom stereocenters. The maximum Gasteiger partial charge on any atom is 0.270 e. The Morgan fingerprint density at radius 3 is 2.84 bits per heavy atom. The van der Waals surface area contributed by atoms with Gasteiger partial charge in [-0.05, 0) is 18.6 Å². The topological polar surface area (TPSA) is 81.8 Å². The average molecular weight is 274 g/mol. The smallest absolute Gasteiger partial charge is 0.258 e. The predicted molar refractivity (Wildman–Crippen MR) is 73.8 cm³/mol. The number of hydrogen-bond acceptors (Lipinski definition) is 6. The van der Waals surface area contributed by atoms with E-state index in [0.717, 1.165) is 0 Å². The van der Waals surface area contributed by atoms with Crippen LogP contribution in [0.2, 0.25) is 0 Å². The van der Waals surface area contributed by atoms with E-state index in [4.69, 9.17) is 0 Å². The fraction of sp³-hybridized carbons (Fsp3) is 0.0833. The van der Waals surface area contributed by atoms with Gasteiger partial charge in [-0.1, -0.05) is 18.2 Å². The summed E-state index contributed by atoms with van der Waals surface area (Å²) in [6.07, 6.45) is 3.46. The lowest BCUT2D eigenvalue weighted by Crippen LogP contribution is -1.96. The van der Waals surface area contributed by atoms with Crippen molar-refractivity contribution in [3.8, 4) is 0 Å². The largest absolute Gasteiger partial charge is 0.270 e. The highest BCUT2D eigenvalue weighted by atomic mass is 32.1. The molecule has 1 heterocycles. The van der Waals surface area contributed by atoms with Crippen LogP contribution in [0.15, 0.2) is 29.4 Å². The molecule has 1 aromatic carbocycles. The summed E-state index contributed by atoms with van der Waals surface area (Å²) >= 11 is 4.02. The molecule has 2 rings (SSSR count). The van der Waals surface area contributed by atoms with E-state index in [1.165, 1.54) is 12.1 Å². The molecule has 2 aromatic rings. The highest BCUT2D eigenvalue weighted by molar-refractivity contribution is 7.80. The van der Waals surface area contributed by atoms with E-state index >= 15 is 0 Å². The molecule has 0 aliphatic heterocycles. The highest BCUT2D eigenvalue weighted by Crippen LogP contribution is 2.15. The molecule has 1 aromatic heterocycles. The Morgan fingerprint density at radius 2 is 2.11 bits per heavy atom. The minimum atomic E-state index is -0.430. The van der Waals surface area contributed by atoms with E-state index in [1.807, 2.05) is 0 Å². The van der Waals surface area contributed by atoms with Gasteiger partial charge in [0.2, 0.25) is 5.16 Å². The molecule has 0 unspecified atom stereocenters. The van der Waals surface area contributed by atoms with Gasteiger partial charge in [-0.15, -0.1) is 17.7 Å². The molecule has 0 aliphatic carbocycles. The third-order valence-electron chi connectivity index (χ3n) is 2.40. The Kier molecular flexibility index (Phi) is 3.86. The SMILES string of the molecule is Cc1nnc(S)nc1C=Cc1cccc([N+](=O)[O-])c1. The maximum atomic E-state index is 10.7. The van der Waals surface area contributed by atoms with Gasteiger partial charge in [-0.3, -0.25) is 10.1 Å². The Hall–Kier alpha value is -2.28. The summed E-state index contributed by atoms with van der Waals surface area (Å²) in [5.41, 5.74) is 2.06. The number of aromatic nitrogens is 3. The van der Waals surface area contributed by atoms with Gasteiger partial charge < -0.3 is 0 Å². The van der Waals surface area contributed by atoms with Crippen LogP contribution >= 0.6 is 12.6 Å². The molecule has 0 spiro atoms. The predicted octanol–water partition coefficient (Wildman–Crippen LogP) is 2.55. The molecule has 7 heteroatoms. The van der Waals surface area contributed by atoms with Crippen molar-refractivity contribution in [2.75, 3.05) is 0 Å². The van der Waals surface area contributed by atoms with Crippen LogP contribution in [0.1, 0.15) is 17.0 Å². The van der Waals surface area contributed by atoms with Crippen molar-refractivity contribution in [1.29, 1.82) is 0 Å². The molecule has 96 valence electrons. The third-order valence-corrected chi connectivity index (χ3v) is 2.58. The van der Waals surface area contributed by atoms with E-state index in [1.54, 1.807) is 31.2 Å². The van der Waals surface area contributed by atoms with Gasteiger partial charge in [0.15, 0.2) is 0 Å². The number of non-ortho nitro benzene ring substituents is 1. The molecule has 0 radical (unpaired) electrons. The Balaban J connectivity index is 2.30. The summed E-state index contributed by atoms with van der Waals surface area (Å²) in [5.74, 6) is 0. The Bertz CT molecular complexity index is 658. The van der Waals surface area contributed by atoms with Gasteiger partial charge in [-0.25, -0.2) is 4.98 Å². The number of nitrogens with zero attached hydrogens (tertiary/aromatic N) is 4. The first-order chi connectivity index (χ1) is 9.06. The molecule has 0 bridgehead atoms. The maximum absolute atomic E-state index is 10.7. The van der Waals surface area contributed by atoms with E-state index in [-0.39, 0.29) is 10.8 Å². The summed E-state index contributed by atoms with van der Waals surface area (Å²) < 4.78 is 0. The summed E-state index contributed by atoms with van der Waals surface area (Å²) in [4.78, 5) is 14.4. The van der Waals surface area contributed by atoms with Gasteiger partial charge in [0.05, 0.1) is 16.3 Å². The van der Waals surface area contributed by atoms with E-state index in [2.05, 4.69) is 27.8 Å². The number of nitro benzene ring substituents is 1. The minimum absolute atomic E-state index is 0.0505. The molecule has 0 saturated heterocycles. The first kappa shape index (κ1) is 13.2. The van der Waals surface area contributed by atoms with Gasteiger partial charge in [-0.2, -0.15) is 5.10 Å². The second-order valence-electron chi connectivity index (χ2n) is 3.77. The lowest BCUT2D eigenvalue weighted by Gasteiger charge is -1.98. The van der Waals surface area contributed by atoms with Crippen LogP contribution in [-0.4, -0.2) is 20.1 Å². The van der Waals surface area contributed by atoms with Crippen molar-refractivity contribution in [1.82, 2.24) is 15.2 Å². The summed E-state index contributed by atoms with van der Waals surface area (Å²) in [6.45, 7) is 1.78. The lowest BCUT2D eigenvalue weighted by molar-refractivity contribution is -0.384. The number of nitro groups is 1. The molecule has 0 amide bonds. The van der Waals surface area contributed by atoms with Gasteiger partial charge >= 0.3 is 0 Å². The molecular weight excluding hydrogens is 264 g/mol. The molecule has 6 nitrogen and oxygen atoms in total. The van der Waals surface area contributed by atoms with Crippen molar-refractivity contribution in [3.05, 3.63) is 51.3 Å². The van der Waals surface area contributed by atoms with E-state index < -0.39 is 4.92 Å². The molecule has 0 N–H and O–H groups in total. The van der Waals surface area contributed by atoms with Crippen LogP contribution in [0, 0.1) is 17.0 Å². The van der Waals surface area contributed by atoms with Crippen molar-refractivity contribution in [2.24, 2.45) is 0 Å². The van der Waals surface area contributed by atoms with Gasteiger partial charge in [0.1, 0.15) is 0 Å². The van der Waals surface area contributed by atoms with Crippen molar-refractivity contribution >= 4 is 30.5 Å². The standard InChI is InChI=1S/C12H10N4O2S/c1-8-11(13-12(19)15-14-8)6-5-9-3-2-4-10(7-9)16(17)18/h2-7H,1H3,(H,13,15,19). The van der Waals surface area contributed by atoms with Crippen LogP contribution in [-0.2, 0) is 0 Å². The summed E-state index contributed by atoms with van der Waals surface area (Å²) in [5, 5.41) is 18.5. The van der Waals surface area contributed by atoms with Crippen LogP contribution in [0.5, 0.6) is 0 Å². The Labute approximate surface area is 114 Å². The molecular formula is C12H10N4O2S. The second kappa shape index (κ2) is 5.57. The monoisotopic (exact) mass is 274 g/mol. The third kappa shape index (κ3) is 3.35. The van der Waals surface area contributed by atoms with Crippen molar-refractivity contribution < 1.29 is 4.92 Å². The first-order valence-corrected chi connectivity index (χ1v) is 5.84. The number of benzene rings is 1. The van der Waals surface area contributed by atoms with Crippen LogP contribution in [0.4, 0.5) is 5.69 Å². The van der Waals surface area contributed by atoms with Crippen molar-refractivity contribution in [2.45, 2.75) is 12.1 Å². The van der Waals surface area contributed by atoms with Crippen molar-refractivity contribution in [3.63, 3.8) is 0 Å². The normalized spacial score (nSPS) is 10.8. The van der Waals surface area contributed by atoms with Crippen LogP contribution in [0.3, 0.4) is 0 Å². The minimum Gasteiger partial charge on any atom is -0.258 e. The summed E-state index contributed by atoms with van der Waals surface area (Å²) in [6, 6.07) is 6.34. The van der Waals surface area contributed by atoms with E-state index in [9.17, 15) is 10.1 Å². The molecule has 0 saturated carbocycles. The fourth-order valence-corrected chi connectivity index (χ4v) is 1.61. The zero-order chi connectivity index (χ0) is 13.8. The second-order valence-corrected chi connectivity index (χ2v) is 4.17. The van der Waals surface area contributed by atoms with Gasteiger partial charge in [0, 0.05) is 12.1 Å². The number of thiol groups is 1. The number of rotatable bonds is 3. The Morgan fingerprint density at radius 1 is 1.32 bits per heavy atom. The molecule has 0 aliphatic rings. The average Bonchev–Trinajstić information content (AvgIpc) is 2.40. The van der Waals surface area contributed by atoms with Gasteiger partial charge in [0.25, 0.3) is 5.69 Å². The van der Waals surface area contributed by atoms with Crippen LogP contribution in [0.25, 0.3) is 12.2 Å². The highest BCUT2D eigenvalue weighted by Gasteiger charge is 2.04. The lowest BCUT2D eigenvalue weighted by atomic mass is 10.1. The molecule has 19 heavy (non-hydrogen) atoms. The molecule has 0 fully saturated rings. The zero-order valence-electron chi connectivity index (χ0n) is 10.0. The quantitative estimate of drug-likeness (QED) is 0.528. The van der Waals surface area contributed by atoms with E-state index in [0.29, 0.717) is 17.0 Å².